The molecule has 25 nitrogen and oxygen atoms in total. The fourth-order valence-corrected chi connectivity index (χ4v) is 11.9. The Morgan fingerprint density at radius 3 is 2.21 bits per heavy atom. The van der Waals surface area contributed by atoms with Gasteiger partial charge in [0.2, 0.25) is 41.4 Å². The Morgan fingerprint density at radius 1 is 0.851 bits per heavy atom. The van der Waals surface area contributed by atoms with E-state index in [0.29, 0.717) is 17.1 Å². The summed E-state index contributed by atoms with van der Waals surface area (Å²) in [5, 5.41) is 21.4. The number of amides is 10. The lowest BCUT2D eigenvalue weighted by atomic mass is 9.82. The Labute approximate surface area is 514 Å². The molecular formula is C60H79ClN8O17S. The summed E-state index contributed by atoms with van der Waals surface area (Å²) in [6, 6.07) is 2.58. The van der Waals surface area contributed by atoms with E-state index in [-0.39, 0.29) is 115 Å². The number of carbonyl (C=O) groups is 13. The number of anilines is 1. The number of ether oxygens (including phenoxy) is 3. The number of likely N-dealkylation sites (N-methyl/N-ethyl adjacent to an activating group) is 1. The van der Waals surface area contributed by atoms with Crippen LogP contribution in [0.1, 0.15) is 116 Å². The minimum atomic E-state index is -1.68. The van der Waals surface area contributed by atoms with Crippen molar-refractivity contribution in [1.29, 1.82) is 0 Å². The molecule has 0 aliphatic carbocycles. The number of nitrogens with zero attached hydrogens (tertiary/aromatic N) is 4. The largest absolute Gasteiger partial charge is 0.457 e. The summed E-state index contributed by atoms with van der Waals surface area (Å²) >= 11 is 7.93. The van der Waals surface area contributed by atoms with E-state index in [1.807, 2.05) is 38.1 Å². The number of hydrogen-bond donors (Lipinski definition) is 5. The number of esters is 1. The molecule has 0 aromatic heterocycles. The van der Waals surface area contributed by atoms with Crippen molar-refractivity contribution < 1.29 is 81.6 Å². The van der Waals surface area contributed by atoms with Crippen LogP contribution in [0.5, 0.6) is 0 Å². The van der Waals surface area contributed by atoms with Gasteiger partial charge in [-0.2, -0.15) is 0 Å². The average molecular weight is 1250 g/mol. The average Bonchev–Trinajstić information content (AvgIpc) is 1.79. The van der Waals surface area contributed by atoms with E-state index in [1.54, 1.807) is 33.9 Å². The molecule has 5 N–H and O–H groups in total. The first kappa shape index (κ1) is 68.8. The number of ketones is 2. The van der Waals surface area contributed by atoms with Gasteiger partial charge in [0, 0.05) is 128 Å². The molecule has 87 heavy (non-hydrogen) atoms. The van der Waals surface area contributed by atoms with E-state index in [2.05, 4.69) is 21.3 Å². The predicted molar refractivity (Wildman–Crippen MR) is 317 cm³/mol. The number of hydrogen-bond acceptors (Lipinski definition) is 18. The monoisotopic (exact) mass is 1250 g/mol. The third kappa shape index (κ3) is 18.6. The zero-order valence-corrected chi connectivity index (χ0v) is 51.9. The van der Waals surface area contributed by atoms with Gasteiger partial charge in [0.1, 0.15) is 35.4 Å². The van der Waals surface area contributed by atoms with Crippen LogP contribution in [0.3, 0.4) is 0 Å². The van der Waals surface area contributed by atoms with Gasteiger partial charge in [0.15, 0.2) is 5.78 Å². The Balaban J connectivity index is 0.917. The van der Waals surface area contributed by atoms with Crippen molar-refractivity contribution in [3.05, 3.63) is 64.2 Å². The van der Waals surface area contributed by atoms with Crippen LogP contribution in [-0.4, -0.2) is 190 Å². The number of thioether (sulfide) groups is 1. The number of allylic oxidation sites excluding steroid dienone is 3. The highest BCUT2D eigenvalue weighted by atomic mass is 35.5. The van der Waals surface area contributed by atoms with Gasteiger partial charge in [-0.15, -0.1) is 11.8 Å². The number of nitrogens with one attached hydrogen (secondary N) is 4. The lowest BCUT2D eigenvalue weighted by molar-refractivity contribution is -0.162. The van der Waals surface area contributed by atoms with E-state index in [9.17, 15) is 67.4 Å². The van der Waals surface area contributed by atoms with Crippen LogP contribution < -0.4 is 26.2 Å². The second-order valence-corrected chi connectivity index (χ2v) is 24.6. The van der Waals surface area contributed by atoms with Gasteiger partial charge in [0.25, 0.3) is 11.8 Å². The molecule has 474 valence electrons. The smallest absolute Gasteiger partial charge is 0.409 e. The first-order valence-corrected chi connectivity index (χ1v) is 30.5. The second kappa shape index (κ2) is 30.6. The Hall–Kier alpha value is -7.29. The van der Waals surface area contributed by atoms with Gasteiger partial charge in [0.05, 0.1) is 35.0 Å². The van der Waals surface area contributed by atoms with Crippen molar-refractivity contribution in [2.75, 3.05) is 57.5 Å². The van der Waals surface area contributed by atoms with Crippen LogP contribution >= 0.6 is 23.4 Å². The number of alkyl carbamates (subject to hydrolysis) is 1. The Kier molecular flexibility index (Phi) is 24.2. The van der Waals surface area contributed by atoms with Crippen LogP contribution in [0.4, 0.5) is 10.5 Å². The number of aliphatic hydroxyl groups is 1. The quantitative estimate of drug-likeness (QED) is 0.0534. The fraction of sp³-hybridized carbons (Fsp3) is 0.583. The number of halogens is 1. The zero-order valence-electron chi connectivity index (χ0n) is 50.4. The van der Waals surface area contributed by atoms with Crippen LogP contribution in [0.25, 0.3) is 0 Å². The first-order chi connectivity index (χ1) is 41.0. The summed E-state index contributed by atoms with van der Waals surface area (Å²) in [6.07, 6.45) is 3.38. The third-order valence-electron chi connectivity index (χ3n) is 16.3. The molecule has 9 atom stereocenters. The van der Waals surface area contributed by atoms with E-state index in [1.165, 1.54) is 23.8 Å². The number of fused-ring (bicyclic) bond motifs is 5. The molecule has 6 rings (SSSR count). The predicted octanol–water partition coefficient (Wildman–Crippen LogP) is 2.83. The SMILES string of the molecule is C/C1=C\C=C\C(C)C2(O)CC(OC(=O)N2)C(C)C2OC2(C)C(OC(=O)C(C)N(C)C(=O)CCSC2CC(=O)N(CCCC(=O)CCC(=O)NCC(=O)CCC(=O)NCCC(=O)NCCN3C(=O)C=CC3=O)C2=O)CC(=O)N(C)c2cc(cc(C)c2Cl)C1. The lowest BCUT2D eigenvalue weighted by Crippen LogP contribution is -2.60. The summed E-state index contributed by atoms with van der Waals surface area (Å²) in [7, 11) is 2.99. The van der Waals surface area contributed by atoms with Crippen molar-refractivity contribution in [3.63, 3.8) is 0 Å². The number of Topliss-reactive ketones (excluding diaryl/α,β-unsaturated/α-hetero) is 2. The van der Waals surface area contributed by atoms with E-state index >= 15 is 0 Å². The van der Waals surface area contributed by atoms with Crippen molar-refractivity contribution in [3.8, 4) is 0 Å². The molecule has 1 aromatic carbocycles. The number of imide groups is 2. The van der Waals surface area contributed by atoms with Crippen molar-refractivity contribution >= 4 is 106 Å². The molecule has 3 fully saturated rings. The maximum atomic E-state index is 14.3. The summed E-state index contributed by atoms with van der Waals surface area (Å²) in [6.45, 7) is 10.1. The van der Waals surface area contributed by atoms with Crippen molar-refractivity contribution in [2.45, 2.75) is 160 Å². The number of benzene rings is 1. The molecular weight excluding hydrogens is 1170 g/mol. The minimum absolute atomic E-state index is 0.00304. The maximum absolute atomic E-state index is 14.3. The zero-order chi connectivity index (χ0) is 64.1. The standard InChI is InChI=1S/C60H79ClN8O17S/c1-34-11-9-12-36(3)60(83)32-43(84-58(82)65-60)37(4)55-59(6,86-55)45(31-52(78)67(8)42-29-39(27-34)28-35(2)54(42)61)85-57(81)38(5)66(7)49(75)21-26-87-44-30-53(79)69(56(44)80)24-10-13-40(70)14-16-47(73)64-33-41(71)15-17-46(72)62-22-20-48(74)63-23-25-68-50(76)18-19-51(68)77/h9,11-12,18-19,28-29,36-38,43-45,55,83H,10,13-17,20-27,30-33H2,1-8H3,(H,62,72)(H,63,74)(H,64,73)(H,65,82)/b12-9+,34-11+. The molecule has 10 amide bonds. The summed E-state index contributed by atoms with van der Waals surface area (Å²) in [5.74, 6) is -6.83. The van der Waals surface area contributed by atoms with Gasteiger partial charge >= 0.3 is 12.1 Å². The van der Waals surface area contributed by atoms with Gasteiger partial charge < -0.3 is 45.1 Å². The molecule has 1 aromatic rings. The molecule has 0 spiro atoms. The Morgan fingerprint density at radius 2 is 1.51 bits per heavy atom. The number of rotatable bonds is 25. The normalized spacial score (nSPS) is 26.0. The summed E-state index contributed by atoms with van der Waals surface area (Å²) < 4.78 is 18.2. The lowest BCUT2D eigenvalue weighted by Gasteiger charge is -2.41. The molecule has 0 saturated carbocycles. The minimum Gasteiger partial charge on any atom is -0.457 e. The van der Waals surface area contributed by atoms with E-state index in [0.717, 1.165) is 50.4 Å². The van der Waals surface area contributed by atoms with Gasteiger partial charge in [-0.1, -0.05) is 55.3 Å². The molecule has 5 aliphatic heterocycles. The fourth-order valence-electron chi connectivity index (χ4n) is 10.5. The number of aryl methyl sites for hydroxylation is 1. The number of likely N-dealkylation sites (tertiary alicyclic amines) is 1. The highest BCUT2D eigenvalue weighted by molar-refractivity contribution is 8.00. The summed E-state index contributed by atoms with van der Waals surface area (Å²) in [4.78, 5) is 170. The molecule has 5 aliphatic rings. The van der Waals surface area contributed by atoms with Crippen molar-refractivity contribution in [2.24, 2.45) is 11.8 Å². The number of epoxide rings is 1. The topological polar surface area (TPSA) is 334 Å². The second-order valence-electron chi connectivity index (χ2n) is 22.9. The van der Waals surface area contributed by atoms with E-state index < -0.39 is 124 Å². The van der Waals surface area contributed by atoms with Crippen molar-refractivity contribution in [1.82, 2.24) is 36.0 Å². The first-order valence-electron chi connectivity index (χ1n) is 29.1. The molecule has 0 radical (unpaired) electrons. The maximum Gasteiger partial charge on any atom is 0.409 e. The molecule has 5 heterocycles. The van der Waals surface area contributed by atoms with Crippen LogP contribution in [0.2, 0.25) is 5.02 Å². The van der Waals surface area contributed by atoms with Crippen LogP contribution in [0, 0.1) is 18.8 Å². The Bertz CT molecular complexity index is 2970. The van der Waals surface area contributed by atoms with Gasteiger partial charge in [-0.05, 0) is 57.7 Å². The summed E-state index contributed by atoms with van der Waals surface area (Å²) in [5.41, 5.74) is 0.0474. The van der Waals surface area contributed by atoms with Crippen LogP contribution in [0.15, 0.2) is 48.1 Å². The molecule has 9 unspecified atom stereocenters. The number of carbonyl (C=O) groups excluding carboxylic acids is 13. The molecule has 4 bridgehead atoms. The molecule has 3 saturated heterocycles. The van der Waals surface area contributed by atoms with Gasteiger partial charge in [-0.3, -0.25) is 67.9 Å². The highest BCUT2D eigenvalue weighted by Gasteiger charge is 2.64. The van der Waals surface area contributed by atoms with E-state index in [4.69, 9.17) is 25.8 Å². The highest BCUT2D eigenvalue weighted by Crippen LogP contribution is 2.49. The third-order valence-corrected chi connectivity index (χ3v) is 18.0. The van der Waals surface area contributed by atoms with Gasteiger partial charge in [-0.25, -0.2) is 9.59 Å². The molecule has 27 heteroatoms. The van der Waals surface area contributed by atoms with Crippen LogP contribution in [-0.2, 0) is 78.2 Å².